The van der Waals surface area contributed by atoms with E-state index in [0.29, 0.717) is 31.6 Å². The van der Waals surface area contributed by atoms with Crippen LogP contribution in [0.4, 0.5) is 0 Å². The largest absolute Gasteiger partial charge is 0.463 e. The van der Waals surface area contributed by atoms with Crippen LogP contribution in [-0.4, -0.2) is 57.2 Å². The molecule has 0 N–H and O–H groups in total. The Bertz CT molecular complexity index is 755. The number of likely N-dealkylation sites (tertiary alicyclic amines) is 1. The Morgan fingerprint density at radius 2 is 2.15 bits per heavy atom. The van der Waals surface area contributed by atoms with Crippen LogP contribution in [0.1, 0.15) is 29.8 Å². The number of aryl methyl sites for hydroxylation is 1. The van der Waals surface area contributed by atoms with E-state index in [1.165, 1.54) is 0 Å². The summed E-state index contributed by atoms with van der Waals surface area (Å²) in [6, 6.07) is 5.96. The quantitative estimate of drug-likeness (QED) is 0.818. The predicted octanol–water partition coefficient (Wildman–Crippen LogP) is 1.91. The zero-order chi connectivity index (χ0) is 18.0. The molecule has 0 aromatic carbocycles. The topological polar surface area (TPSA) is 69.5 Å². The molecule has 2 aliphatic rings. The van der Waals surface area contributed by atoms with Crippen molar-refractivity contribution in [2.75, 3.05) is 26.3 Å². The third-order valence-electron chi connectivity index (χ3n) is 5.30. The number of hydrogen-bond acceptors (Lipinski definition) is 5. The van der Waals surface area contributed by atoms with Crippen molar-refractivity contribution in [3.05, 3.63) is 42.5 Å². The lowest BCUT2D eigenvalue weighted by atomic mass is 9.79. The van der Waals surface area contributed by atoms with Gasteiger partial charge in [-0.05, 0) is 43.4 Å². The molecule has 26 heavy (non-hydrogen) atoms. The molecule has 2 saturated heterocycles. The van der Waals surface area contributed by atoms with Gasteiger partial charge in [-0.25, -0.2) is 9.97 Å². The van der Waals surface area contributed by atoms with E-state index in [-0.39, 0.29) is 11.5 Å². The smallest absolute Gasteiger partial charge is 0.316 e. The molecule has 4 heterocycles. The van der Waals surface area contributed by atoms with Crippen molar-refractivity contribution >= 4 is 5.91 Å². The van der Waals surface area contributed by atoms with Gasteiger partial charge in [0.05, 0.1) is 19.7 Å². The van der Waals surface area contributed by atoms with Crippen LogP contribution < -0.4 is 4.74 Å². The van der Waals surface area contributed by atoms with E-state index in [4.69, 9.17) is 9.47 Å². The highest BCUT2D eigenvalue weighted by atomic mass is 16.5. The first kappa shape index (κ1) is 17.0. The molecule has 138 valence electrons. The molecule has 1 unspecified atom stereocenters. The minimum absolute atomic E-state index is 0.0819. The Morgan fingerprint density at radius 3 is 2.88 bits per heavy atom. The van der Waals surface area contributed by atoms with Crippen LogP contribution in [0.25, 0.3) is 0 Å². The van der Waals surface area contributed by atoms with Crippen LogP contribution in [0.3, 0.4) is 0 Å². The van der Waals surface area contributed by atoms with Gasteiger partial charge in [-0.1, -0.05) is 0 Å². The van der Waals surface area contributed by atoms with Gasteiger partial charge in [0.2, 0.25) is 0 Å². The molecule has 0 bridgehead atoms. The number of amides is 1. The summed E-state index contributed by atoms with van der Waals surface area (Å²) in [5.74, 6) is 0.623. The first-order chi connectivity index (χ1) is 12.7. The zero-order valence-corrected chi connectivity index (χ0v) is 15.0. The summed E-state index contributed by atoms with van der Waals surface area (Å²) >= 11 is 0. The maximum atomic E-state index is 12.6. The lowest BCUT2D eigenvalue weighted by Crippen LogP contribution is -2.66. The van der Waals surface area contributed by atoms with Gasteiger partial charge in [0.25, 0.3) is 5.91 Å². The van der Waals surface area contributed by atoms with Crippen LogP contribution in [0.5, 0.6) is 6.01 Å². The number of carbonyl (C=O) groups is 1. The fraction of sp³-hybridized carbons (Fsp3) is 0.526. The van der Waals surface area contributed by atoms with Crippen molar-refractivity contribution in [1.29, 1.82) is 0 Å². The molecular formula is C19H24N4O3. The molecular weight excluding hydrogens is 332 g/mol. The van der Waals surface area contributed by atoms with Gasteiger partial charge in [0.1, 0.15) is 11.3 Å². The normalized spacial score (nSPS) is 21.4. The Balaban J connectivity index is 1.27. The zero-order valence-electron chi connectivity index (χ0n) is 15.0. The molecule has 2 aliphatic heterocycles. The standard InChI is InChI=1S/C19H24N4O3/c1-22-9-2-4-16(22)17(24)23-13-19(14-23)12-15(6-11-26-19)5-10-25-18-20-7-3-8-21-18/h2-4,7-9,15H,5-6,10-14H2,1H3. The molecule has 7 heteroatoms. The fourth-order valence-corrected chi connectivity index (χ4v) is 3.91. The van der Waals surface area contributed by atoms with Gasteiger partial charge < -0.3 is 18.9 Å². The van der Waals surface area contributed by atoms with Crippen LogP contribution in [-0.2, 0) is 11.8 Å². The van der Waals surface area contributed by atoms with Crippen molar-refractivity contribution in [1.82, 2.24) is 19.4 Å². The molecule has 0 aliphatic carbocycles. The molecule has 1 amide bonds. The van der Waals surface area contributed by atoms with Gasteiger partial charge in [-0.15, -0.1) is 0 Å². The van der Waals surface area contributed by atoms with Crippen LogP contribution in [0.15, 0.2) is 36.8 Å². The van der Waals surface area contributed by atoms with Crippen molar-refractivity contribution < 1.29 is 14.3 Å². The number of ether oxygens (including phenoxy) is 2. The lowest BCUT2D eigenvalue weighted by Gasteiger charge is -2.53. The molecule has 1 spiro atoms. The summed E-state index contributed by atoms with van der Waals surface area (Å²) in [6.45, 7) is 2.71. The SMILES string of the molecule is Cn1cccc1C(=O)N1CC2(CC(CCOc3ncccn3)CCO2)C1. The van der Waals surface area contributed by atoms with Crippen LogP contribution >= 0.6 is 0 Å². The van der Waals surface area contributed by atoms with Crippen molar-refractivity contribution in [2.24, 2.45) is 13.0 Å². The molecule has 0 saturated carbocycles. The molecule has 2 aromatic rings. The molecule has 0 radical (unpaired) electrons. The van der Waals surface area contributed by atoms with E-state index in [9.17, 15) is 4.79 Å². The molecule has 2 fully saturated rings. The Morgan fingerprint density at radius 1 is 1.35 bits per heavy atom. The van der Waals surface area contributed by atoms with Crippen molar-refractivity contribution in [2.45, 2.75) is 24.9 Å². The van der Waals surface area contributed by atoms with Gasteiger partial charge in [-0.2, -0.15) is 0 Å². The number of rotatable bonds is 5. The number of hydrogen-bond donors (Lipinski definition) is 0. The van der Waals surface area contributed by atoms with E-state index in [1.807, 2.05) is 34.8 Å². The summed E-state index contributed by atoms with van der Waals surface area (Å²) in [6.07, 6.45) is 8.22. The lowest BCUT2D eigenvalue weighted by molar-refractivity contribution is -0.167. The number of aromatic nitrogens is 3. The highest BCUT2D eigenvalue weighted by Gasteiger charge is 2.49. The summed E-state index contributed by atoms with van der Waals surface area (Å²) < 4.78 is 13.5. The van der Waals surface area contributed by atoms with Gasteiger partial charge in [0.15, 0.2) is 0 Å². The summed E-state index contributed by atoms with van der Waals surface area (Å²) in [4.78, 5) is 22.6. The van der Waals surface area contributed by atoms with E-state index >= 15 is 0 Å². The van der Waals surface area contributed by atoms with Crippen LogP contribution in [0, 0.1) is 5.92 Å². The Labute approximate surface area is 152 Å². The Hall–Kier alpha value is -2.41. The van der Waals surface area contributed by atoms with Gasteiger partial charge in [-0.3, -0.25) is 4.79 Å². The summed E-state index contributed by atoms with van der Waals surface area (Å²) in [7, 11) is 1.90. The minimum atomic E-state index is -0.174. The monoisotopic (exact) mass is 356 g/mol. The second-order valence-corrected chi connectivity index (χ2v) is 7.22. The van der Waals surface area contributed by atoms with E-state index in [2.05, 4.69) is 9.97 Å². The van der Waals surface area contributed by atoms with Gasteiger partial charge in [0, 0.05) is 32.2 Å². The van der Waals surface area contributed by atoms with Crippen molar-refractivity contribution in [3.8, 4) is 6.01 Å². The Kier molecular flexibility index (Phi) is 4.63. The first-order valence-electron chi connectivity index (χ1n) is 9.10. The second kappa shape index (κ2) is 7.07. The summed E-state index contributed by atoms with van der Waals surface area (Å²) in [5.41, 5.74) is 0.552. The number of nitrogens with zero attached hydrogens (tertiary/aromatic N) is 4. The van der Waals surface area contributed by atoms with Gasteiger partial charge >= 0.3 is 6.01 Å². The van der Waals surface area contributed by atoms with Crippen molar-refractivity contribution in [3.63, 3.8) is 0 Å². The molecule has 1 atom stereocenters. The average Bonchev–Trinajstić information content (AvgIpc) is 3.06. The molecule has 2 aromatic heterocycles. The minimum Gasteiger partial charge on any atom is -0.463 e. The number of carbonyl (C=O) groups excluding carboxylic acids is 1. The first-order valence-corrected chi connectivity index (χ1v) is 9.10. The molecule has 7 nitrogen and oxygen atoms in total. The van der Waals surface area contributed by atoms with Crippen LogP contribution in [0.2, 0.25) is 0 Å². The highest BCUT2D eigenvalue weighted by molar-refractivity contribution is 5.93. The fourth-order valence-electron chi connectivity index (χ4n) is 3.91. The third-order valence-corrected chi connectivity index (χ3v) is 5.30. The molecule has 4 rings (SSSR count). The highest BCUT2D eigenvalue weighted by Crippen LogP contribution is 2.38. The van der Waals surface area contributed by atoms with E-state index in [0.717, 1.165) is 31.6 Å². The predicted molar refractivity (Wildman–Crippen MR) is 94.9 cm³/mol. The second-order valence-electron chi connectivity index (χ2n) is 7.22. The third kappa shape index (κ3) is 3.44. The van der Waals surface area contributed by atoms with E-state index < -0.39 is 0 Å². The maximum Gasteiger partial charge on any atom is 0.316 e. The average molecular weight is 356 g/mol. The summed E-state index contributed by atoms with van der Waals surface area (Å²) in [5, 5.41) is 0. The maximum absolute atomic E-state index is 12.6. The van der Waals surface area contributed by atoms with E-state index in [1.54, 1.807) is 18.5 Å².